The van der Waals surface area contributed by atoms with Crippen molar-refractivity contribution in [1.29, 1.82) is 0 Å². The predicted octanol–water partition coefficient (Wildman–Crippen LogP) is 4.65. The first-order valence-corrected chi connectivity index (χ1v) is 10.3. The highest BCUT2D eigenvalue weighted by Crippen LogP contribution is 2.52. The average Bonchev–Trinajstić information content (AvgIpc) is 3.33. The maximum atomic E-state index is 12.4. The first kappa shape index (κ1) is 18.3. The fourth-order valence-electron chi connectivity index (χ4n) is 5.19. The van der Waals surface area contributed by atoms with E-state index in [1.54, 1.807) is 0 Å². The van der Waals surface area contributed by atoms with Gasteiger partial charge in [-0.15, -0.1) is 0 Å². The van der Waals surface area contributed by atoms with Crippen LogP contribution in [0, 0.1) is 17.3 Å². The molecule has 3 aliphatic rings. The van der Waals surface area contributed by atoms with Crippen molar-refractivity contribution in [3.63, 3.8) is 0 Å². The Morgan fingerprint density at radius 1 is 1.22 bits per heavy atom. The Labute approximate surface area is 161 Å². The van der Waals surface area contributed by atoms with E-state index in [-0.39, 0.29) is 17.8 Å². The molecule has 27 heavy (non-hydrogen) atoms. The number of benzene rings is 1. The van der Waals surface area contributed by atoms with Gasteiger partial charge in [0.1, 0.15) is 0 Å². The van der Waals surface area contributed by atoms with E-state index in [4.69, 9.17) is 4.74 Å². The maximum Gasteiger partial charge on any atom is 0.313 e. The lowest BCUT2D eigenvalue weighted by Gasteiger charge is -2.24. The van der Waals surface area contributed by atoms with Gasteiger partial charge in [-0.1, -0.05) is 50.0 Å². The van der Waals surface area contributed by atoms with Crippen molar-refractivity contribution in [1.82, 2.24) is 0 Å². The predicted molar refractivity (Wildman–Crippen MR) is 105 cm³/mol. The monoisotopic (exact) mass is 367 g/mol. The first-order chi connectivity index (χ1) is 13.0. The molecule has 1 aliphatic heterocycles. The summed E-state index contributed by atoms with van der Waals surface area (Å²) in [5.74, 6) is 1.01. The fourth-order valence-corrected chi connectivity index (χ4v) is 5.19. The van der Waals surface area contributed by atoms with Crippen LogP contribution in [0.1, 0.15) is 56.9 Å². The topological polar surface area (TPSA) is 55.4 Å². The minimum atomic E-state index is -0.427. The van der Waals surface area contributed by atoms with E-state index in [1.165, 1.54) is 25.7 Å². The molecular formula is C23H29NO3. The summed E-state index contributed by atoms with van der Waals surface area (Å²) in [5.41, 5.74) is 2.66. The second kappa shape index (κ2) is 7.49. The molecule has 1 amide bonds. The smallest absolute Gasteiger partial charge is 0.313 e. The Morgan fingerprint density at radius 2 is 1.96 bits per heavy atom. The zero-order chi connectivity index (χ0) is 18.9. The standard InChI is InChI=1S/C23H29NO3/c1-16-12-19-15-27-22(26)23(19,13-16)14-18-6-9-20(10-7-18)24-21(25)11-8-17-4-2-3-5-17/h6-7,9-10,17,19H,1-5,8,11-15H2,(H,24,25). The Morgan fingerprint density at radius 3 is 2.70 bits per heavy atom. The van der Waals surface area contributed by atoms with E-state index < -0.39 is 5.41 Å². The SMILES string of the molecule is C=C1CC2COC(=O)C2(Cc2ccc(NC(=O)CCC3CCCC3)cc2)C1. The van der Waals surface area contributed by atoms with Crippen LogP contribution in [-0.4, -0.2) is 18.5 Å². The summed E-state index contributed by atoms with van der Waals surface area (Å²) >= 11 is 0. The molecule has 1 saturated heterocycles. The molecule has 1 aromatic carbocycles. The van der Waals surface area contributed by atoms with Crippen LogP contribution in [0.5, 0.6) is 0 Å². The van der Waals surface area contributed by atoms with E-state index in [0.717, 1.165) is 42.0 Å². The average molecular weight is 367 g/mol. The lowest BCUT2D eigenvalue weighted by molar-refractivity contribution is -0.146. The quantitative estimate of drug-likeness (QED) is 0.588. The van der Waals surface area contributed by atoms with Crippen LogP contribution in [0.2, 0.25) is 0 Å². The summed E-state index contributed by atoms with van der Waals surface area (Å²) in [6.45, 7) is 4.62. The Hall–Kier alpha value is -2.10. The molecule has 4 heteroatoms. The highest BCUT2D eigenvalue weighted by atomic mass is 16.5. The Balaban J connectivity index is 1.34. The lowest BCUT2D eigenvalue weighted by Crippen LogP contribution is -2.31. The summed E-state index contributed by atoms with van der Waals surface area (Å²) in [6, 6.07) is 7.92. The molecule has 1 aromatic rings. The normalized spacial score (nSPS) is 27.6. The minimum absolute atomic E-state index is 0.0737. The number of rotatable bonds is 6. The zero-order valence-electron chi connectivity index (χ0n) is 16.0. The van der Waals surface area contributed by atoms with E-state index in [0.29, 0.717) is 19.4 Å². The van der Waals surface area contributed by atoms with Gasteiger partial charge < -0.3 is 10.1 Å². The van der Waals surface area contributed by atoms with Crippen LogP contribution in [0.3, 0.4) is 0 Å². The Kier molecular flexibility index (Phi) is 5.07. The number of fused-ring (bicyclic) bond motifs is 1. The van der Waals surface area contributed by atoms with Gasteiger partial charge in [-0.2, -0.15) is 0 Å². The number of ether oxygens (including phenoxy) is 1. The number of nitrogens with one attached hydrogen (secondary N) is 1. The number of amides is 1. The van der Waals surface area contributed by atoms with Crippen molar-refractivity contribution in [3.8, 4) is 0 Å². The van der Waals surface area contributed by atoms with Gasteiger partial charge >= 0.3 is 5.97 Å². The van der Waals surface area contributed by atoms with Crippen molar-refractivity contribution < 1.29 is 14.3 Å². The highest BCUT2D eigenvalue weighted by molar-refractivity contribution is 5.90. The summed E-state index contributed by atoms with van der Waals surface area (Å²) in [5, 5.41) is 3.00. The van der Waals surface area contributed by atoms with Crippen LogP contribution >= 0.6 is 0 Å². The van der Waals surface area contributed by atoms with Gasteiger partial charge in [0.05, 0.1) is 12.0 Å². The van der Waals surface area contributed by atoms with Crippen molar-refractivity contribution >= 4 is 17.6 Å². The van der Waals surface area contributed by atoms with Crippen LogP contribution in [0.4, 0.5) is 5.69 Å². The largest absolute Gasteiger partial charge is 0.465 e. The molecule has 2 unspecified atom stereocenters. The molecule has 2 saturated carbocycles. The summed E-state index contributed by atoms with van der Waals surface area (Å²) in [4.78, 5) is 24.6. The molecule has 4 rings (SSSR count). The van der Waals surface area contributed by atoms with Gasteiger partial charge in [0.15, 0.2) is 0 Å². The molecule has 2 atom stereocenters. The zero-order valence-corrected chi connectivity index (χ0v) is 16.0. The fraction of sp³-hybridized carbons (Fsp3) is 0.565. The third-order valence-electron chi connectivity index (χ3n) is 6.72. The minimum Gasteiger partial charge on any atom is -0.465 e. The molecule has 1 N–H and O–H groups in total. The van der Waals surface area contributed by atoms with E-state index in [1.807, 2.05) is 24.3 Å². The number of carbonyl (C=O) groups is 2. The molecule has 0 radical (unpaired) electrons. The molecule has 4 nitrogen and oxygen atoms in total. The van der Waals surface area contributed by atoms with Crippen molar-refractivity contribution in [2.24, 2.45) is 17.3 Å². The number of esters is 1. The maximum absolute atomic E-state index is 12.4. The first-order valence-electron chi connectivity index (χ1n) is 10.3. The second-order valence-corrected chi connectivity index (χ2v) is 8.69. The molecule has 0 aromatic heterocycles. The molecular weight excluding hydrogens is 338 g/mol. The molecule has 0 bridgehead atoms. The second-order valence-electron chi connectivity index (χ2n) is 8.69. The van der Waals surface area contributed by atoms with Gasteiger partial charge in [-0.3, -0.25) is 9.59 Å². The highest BCUT2D eigenvalue weighted by Gasteiger charge is 2.55. The van der Waals surface area contributed by atoms with Crippen LogP contribution in [0.25, 0.3) is 0 Å². The van der Waals surface area contributed by atoms with Gasteiger partial charge in [0, 0.05) is 18.0 Å². The molecule has 1 heterocycles. The van der Waals surface area contributed by atoms with Gasteiger partial charge in [-0.05, 0) is 49.3 Å². The van der Waals surface area contributed by atoms with Crippen molar-refractivity contribution in [2.45, 2.75) is 57.8 Å². The van der Waals surface area contributed by atoms with Gasteiger partial charge in [-0.25, -0.2) is 0 Å². The van der Waals surface area contributed by atoms with Crippen molar-refractivity contribution in [2.75, 3.05) is 11.9 Å². The van der Waals surface area contributed by atoms with Crippen molar-refractivity contribution in [3.05, 3.63) is 42.0 Å². The number of anilines is 1. The number of carbonyl (C=O) groups excluding carboxylic acids is 2. The Bertz CT molecular complexity index is 732. The van der Waals surface area contributed by atoms with Crippen LogP contribution in [0.15, 0.2) is 36.4 Å². The summed E-state index contributed by atoms with van der Waals surface area (Å²) in [6.07, 6.45) is 9.10. The lowest BCUT2D eigenvalue weighted by atomic mass is 9.75. The van der Waals surface area contributed by atoms with Crippen LogP contribution < -0.4 is 5.32 Å². The number of hydrogen-bond donors (Lipinski definition) is 1. The molecule has 0 spiro atoms. The van der Waals surface area contributed by atoms with E-state index >= 15 is 0 Å². The third-order valence-corrected chi connectivity index (χ3v) is 6.72. The number of cyclic esters (lactones) is 1. The van der Waals surface area contributed by atoms with E-state index in [9.17, 15) is 9.59 Å². The van der Waals surface area contributed by atoms with E-state index in [2.05, 4.69) is 11.9 Å². The molecule has 144 valence electrons. The molecule has 2 aliphatic carbocycles. The van der Waals surface area contributed by atoms with Crippen LogP contribution in [-0.2, 0) is 20.7 Å². The van der Waals surface area contributed by atoms with Gasteiger partial charge in [0.25, 0.3) is 0 Å². The van der Waals surface area contributed by atoms with Gasteiger partial charge in [0.2, 0.25) is 5.91 Å². The summed E-state index contributed by atoms with van der Waals surface area (Å²) < 4.78 is 5.35. The number of hydrogen-bond acceptors (Lipinski definition) is 3. The molecule has 3 fully saturated rings. The number of allylic oxidation sites excluding steroid dienone is 1. The summed E-state index contributed by atoms with van der Waals surface area (Å²) in [7, 11) is 0. The third kappa shape index (κ3) is 3.80.